The molecule has 1 saturated carbocycles. The smallest absolute Gasteiger partial charge is 0.276 e. The molecule has 7 nitrogen and oxygen atoms in total. The summed E-state index contributed by atoms with van der Waals surface area (Å²) in [6, 6.07) is 14.6. The molecule has 1 aromatic carbocycles. The lowest BCUT2D eigenvalue weighted by Gasteiger charge is -2.38. The SMILES string of the molecule is O=C(NCCc1ccccc1)[C@@H](c1ccccn1)N(C(=O)c1csnn1)C1CCCCC1. The number of amides is 2. The number of aromatic nitrogens is 3. The van der Waals surface area contributed by atoms with Crippen LogP contribution in [0.4, 0.5) is 0 Å². The summed E-state index contributed by atoms with van der Waals surface area (Å²) in [5.74, 6) is -0.485. The van der Waals surface area contributed by atoms with Gasteiger partial charge in [0.25, 0.3) is 5.91 Å². The molecule has 1 fully saturated rings. The average Bonchev–Trinajstić information content (AvgIpc) is 3.39. The van der Waals surface area contributed by atoms with E-state index >= 15 is 0 Å². The highest BCUT2D eigenvalue weighted by molar-refractivity contribution is 7.03. The maximum absolute atomic E-state index is 13.5. The molecule has 2 amide bonds. The number of carbonyl (C=O) groups excluding carboxylic acids is 2. The van der Waals surface area contributed by atoms with Gasteiger partial charge in [-0.25, -0.2) is 0 Å². The van der Waals surface area contributed by atoms with Crippen LogP contribution in [0.5, 0.6) is 0 Å². The molecule has 3 aromatic rings. The van der Waals surface area contributed by atoms with Crippen LogP contribution >= 0.6 is 11.5 Å². The molecule has 32 heavy (non-hydrogen) atoms. The number of hydrogen-bond donors (Lipinski definition) is 1. The van der Waals surface area contributed by atoms with Crippen LogP contribution in [0, 0.1) is 0 Å². The first-order chi connectivity index (χ1) is 15.7. The predicted octanol–water partition coefficient (Wildman–Crippen LogP) is 3.81. The van der Waals surface area contributed by atoms with Crippen molar-refractivity contribution in [1.29, 1.82) is 0 Å². The summed E-state index contributed by atoms with van der Waals surface area (Å²) in [6.07, 6.45) is 7.33. The molecule has 0 bridgehead atoms. The van der Waals surface area contributed by atoms with Crippen LogP contribution in [0.1, 0.15) is 59.9 Å². The van der Waals surface area contributed by atoms with Crippen LogP contribution < -0.4 is 5.32 Å². The maximum Gasteiger partial charge on any atom is 0.276 e. The van der Waals surface area contributed by atoms with Gasteiger partial charge in [-0.2, -0.15) is 0 Å². The first-order valence-electron chi connectivity index (χ1n) is 11.1. The van der Waals surface area contributed by atoms with Gasteiger partial charge in [0.1, 0.15) is 0 Å². The number of hydrogen-bond acceptors (Lipinski definition) is 6. The van der Waals surface area contributed by atoms with Crippen molar-refractivity contribution < 1.29 is 9.59 Å². The van der Waals surface area contributed by atoms with E-state index in [-0.39, 0.29) is 23.6 Å². The first-order valence-corrected chi connectivity index (χ1v) is 11.9. The van der Waals surface area contributed by atoms with Crippen molar-refractivity contribution >= 4 is 23.3 Å². The minimum absolute atomic E-state index is 0.0372. The third-order valence-corrected chi connectivity index (χ3v) is 6.34. The largest absolute Gasteiger partial charge is 0.354 e. The predicted molar refractivity (Wildman–Crippen MR) is 123 cm³/mol. The van der Waals surface area contributed by atoms with E-state index in [9.17, 15) is 9.59 Å². The van der Waals surface area contributed by atoms with Gasteiger partial charge in [0.15, 0.2) is 11.7 Å². The number of nitrogens with one attached hydrogen (secondary N) is 1. The Labute approximate surface area is 192 Å². The Morgan fingerprint density at radius 1 is 1.06 bits per heavy atom. The molecule has 1 aliphatic carbocycles. The van der Waals surface area contributed by atoms with E-state index in [0.717, 1.165) is 55.6 Å². The molecule has 2 aromatic heterocycles. The number of nitrogens with zero attached hydrogens (tertiary/aromatic N) is 4. The highest BCUT2D eigenvalue weighted by Crippen LogP contribution is 2.31. The topological polar surface area (TPSA) is 88.1 Å². The van der Waals surface area contributed by atoms with E-state index in [2.05, 4.69) is 19.9 Å². The van der Waals surface area contributed by atoms with Crippen molar-refractivity contribution in [3.63, 3.8) is 0 Å². The van der Waals surface area contributed by atoms with E-state index in [1.807, 2.05) is 48.5 Å². The van der Waals surface area contributed by atoms with Crippen LogP contribution in [0.15, 0.2) is 60.1 Å². The van der Waals surface area contributed by atoms with Gasteiger partial charge in [-0.3, -0.25) is 14.6 Å². The summed E-state index contributed by atoms with van der Waals surface area (Å²) in [7, 11) is 0. The summed E-state index contributed by atoms with van der Waals surface area (Å²) in [5, 5.41) is 8.68. The molecule has 2 heterocycles. The molecule has 0 aliphatic heterocycles. The Bertz CT molecular complexity index is 992. The Morgan fingerprint density at radius 3 is 2.53 bits per heavy atom. The Hall–Kier alpha value is -3.13. The van der Waals surface area contributed by atoms with Crippen molar-refractivity contribution in [3.8, 4) is 0 Å². The normalized spacial score (nSPS) is 15.1. The minimum atomic E-state index is -0.815. The van der Waals surface area contributed by atoms with Gasteiger partial charge >= 0.3 is 0 Å². The Kier molecular flexibility index (Phi) is 7.55. The highest BCUT2D eigenvalue weighted by atomic mass is 32.1. The second-order valence-corrected chi connectivity index (χ2v) is 8.59. The quantitative estimate of drug-likeness (QED) is 0.565. The second-order valence-electron chi connectivity index (χ2n) is 7.98. The van der Waals surface area contributed by atoms with Crippen LogP contribution in [0.3, 0.4) is 0 Å². The number of pyridine rings is 1. The molecule has 0 radical (unpaired) electrons. The van der Waals surface area contributed by atoms with E-state index in [1.165, 1.54) is 0 Å². The van der Waals surface area contributed by atoms with Crippen molar-refractivity contribution in [3.05, 3.63) is 77.1 Å². The van der Waals surface area contributed by atoms with Crippen molar-refractivity contribution in [1.82, 2.24) is 24.8 Å². The van der Waals surface area contributed by atoms with Crippen LogP contribution in [-0.2, 0) is 11.2 Å². The molecule has 1 N–H and O–H groups in total. The molecule has 8 heteroatoms. The summed E-state index contributed by atoms with van der Waals surface area (Å²) >= 11 is 1.13. The average molecular weight is 450 g/mol. The van der Waals surface area contributed by atoms with Gasteiger partial charge in [-0.05, 0) is 48.5 Å². The lowest BCUT2D eigenvalue weighted by atomic mass is 9.92. The molecule has 4 rings (SSSR count). The number of carbonyl (C=O) groups is 2. The van der Waals surface area contributed by atoms with Gasteiger partial charge < -0.3 is 10.2 Å². The van der Waals surface area contributed by atoms with E-state index in [1.54, 1.807) is 16.5 Å². The standard InChI is InChI=1S/C24H27N5O2S/c30-23(26-16-14-18-9-3-1-4-10-18)22(20-13-7-8-15-25-20)29(19-11-5-2-6-12-19)24(31)21-17-32-28-27-21/h1,3-4,7-10,13,15,17,19,22H,2,5-6,11-12,14,16H2,(H,26,30)/t22-/m1/s1. The minimum Gasteiger partial charge on any atom is -0.354 e. The van der Waals surface area contributed by atoms with Crippen molar-refractivity contribution in [2.45, 2.75) is 50.6 Å². The summed E-state index contributed by atoms with van der Waals surface area (Å²) in [4.78, 5) is 33.2. The molecule has 1 aliphatic rings. The Morgan fingerprint density at radius 2 is 1.84 bits per heavy atom. The van der Waals surface area contributed by atoms with Crippen molar-refractivity contribution in [2.75, 3.05) is 6.54 Å². The zero-order chi connectivity index (χ0) is 22.2. The van der Waals surface area contributed by atoms with E-state index < -0.39 is 6.04 Å². The Balaban J connectivity index is 1.61. The molecule has 0 saturated heterocycles. The van der Waals surface area contributed by atoms with Crippen LogP contribution in [0.2, 0.25) is 0 Å². The summed E-state index contributed by atoms with van der Waals surface area (Å²) < 4.78 is 3.86. The van der Waals surface area contributed by atoms with Crippen LogP contribution in [-0.4, -0.2) is 43.9 Å². The monoisotopic (exact) mass is 449 g/mol. The fourth-order valence-corrected chi connectivity index (χ4v) is 4.69. The molecular weight excluding hydrogens is 422 g/mol. The third-order valence-electron chi connectivity index (χ3n) is 5.83. The summed E-state index contributed by atoms with van der Waals surface area (Å²) in [6.45, 7) is 0.483. The molecular formula is C24H27N5O2S. The lowest BCUT2D eigenvalue weighted by Crippen LogP contribution is -2.50. The van der Waals surface area contributed by atoms with Gasteiger partial charge in [-0.15, -0.1) is 5.10 Å². The maximum atomic E-state index is 13.5. The highest BCUT2D eigenvalue weighted by Gasteiger charge is 2.38. The number of benzene rings is 1. The van der Waals surface area contributed by atoms with Gasteiger partial charge in [0.2, 0.25) is 5.91 Å². The third kappa shape index (κ3) is 5.37. The summed E-state index contributed by atoms with van der Waals surface area (Å²) in [5.41, 5.74) is 1.99. The van der Waals surface area contributed by atoms with Crippen LogP contribution in [0.25, 0.3) is 0 Å². The lowest BCUT2D eigenvalue weighted by molar-refractivity contribution is -0.127. The van der Waals surface area contributed by atoms with Gasteiger partial charge in [0, 0.05) is 24.2 Å². The molecule has 0 spiro atoms. The number of rotatable bonds is 8. The zero-order valence-electron chi connectivity index (χ0n) is 17.9. The fourth-order valence-electron chi connectivity index (χ4n) is 4.26. The van der Waals surface area contributed by atoms with Crippen molar-refractivity contribution in [2.24, 2.45) is 0 Å². The molecule has 1 atom stereocenters. The fraction of sp³-hybridized carbons (Fsp3) is 0.375. The second kappa shape index (κ2) is 10.9. The molecule has 0 unspecified atom stereocenters. The molecule has 166 valence electrons. The zero-order valence-corrected chi connectivity index (χ0v) is 18.7. The van der Waals surface area contributed by atoms with E-state index in [4.69, 9.17) is 0 Å². The van der Waals surface area contributed by atoms with E-state index in [0.29, 0.717) is 12.2 Å². The van der Waals surface area contributed by atoms with Gasteiger partial charge in [-0.1, -0.05) is 60.1 Å². The van der Waals surface area contributed by atoms with Gasteiger partial charge in [0.05, 0.1) is 5.69 Å². The first kappa shape index (κ1) is 22.1.